The number of ether oxygens (including phenoxy) is 4. The van der Waals surface area contributed by atoms with Crippen molar-refractivity contribution in [3.63, 3.8) is 0 Å². The summed E-state index contributed by atoms with van der Waals surface area (Å²) in [5.74, 6) is 3.95. The summed E-state index contributed by atoms with van der Waals surface area (Å²) in [6, 6.07) is 18.9. The van der Waals surface area contributed by atoms with Crippen LogP contribution in [0.25, 0.3) is 45.8 Å². The molecule has 0 aliphatic rings. The number of unbranched alkanes of at least 4 members (excludes halogenated alkanes) is 10. The molecule has 0 aliphatic carbocycles. The first-order valence-corrected chi connectivity index (χ1v) is 18.0. The van der Waals surface area contributed by atoms with E-state index < -0.39 is 0 Å². The van der Waals surface area contributed by atoms with Crippen LogP contribution in [0.15, 0.2) is 69.5 Å². The first kappa shape index (κ1) is 36.4. The quantitative estimate of drug-likeness (QED) is 0.0653. The van der Waals surface area contributed by atoms with Crippen LogP contribution in [0.5, 0.6) is 23.0 Å². The van der Waals surface area contributed by atoms with Crippen molar-refractivity contribution in [3.05, 3.63) is 60.7 Å². The third kappa shape index (κ3) is 10.1. The van der Waals surface area contributed by atoms with Gasteiger partial charge >= 0.3 is 0 Å². The van der Waals surface area contributed by atoms with Crippen LogP contribution in [0.3, 0.4) is 0 Å². The zero-order valence-electron chi connectivity index (χ0n) is 29.9. The van der Waals surface area contributed by atoms with Gasteiger partial charge in [0.05, 0.1) is 38.6 Å². The van der Waals surface area contributed by atoms with Crippen LogP contribution < -0.4 is 18.9 Å². The van der Waals surface area contributed by atoms with Crippen LogP contribution in [0.2, 0.25) is 0 Å². The maximum absolute atomic E-state index is 6.09. The molecule has 0 amide bonds. The average molecular weight is 683 g/mol. The lowest BCUT2D eigenvalue weighted by molar-refractivity contribution is 0.304. The lowest BCUT2D eigenvalue weighted by Crippen LogP contribution is -1.97. The van der Waals surface area contributed by atoms with E-state index in [0.29, 0.717) is 47.6 Å². The largest absolute Gasteiger partial charge is 0.496 e. The molecule has 5 aromatic rings. The molecule has 0 saturated heterocycles. The van der Waals surface area contributed by atoms with Gasteiger partial charge in [-0.05, 0) is 73.5 Å². The third-order valence-electron chi connectivity index (χ3n) is 8.57. The van der Waals surface area contributed by atoms with Crippen molar-refractivity contribution in [1.82, 2.24) is 20.4 Å². The highest BCUT2D eigenvalue weighted by molar-refractivity contribution is 5.76. The second-order valence-corrected chi connectivity index (χ2v) is 12.4. The highest BCUT2D eigenvalue weighted by Crippen LogP contribution is 2.41. The molecular weight excluding hydrogens is 632 g/mol. The van der Waals surface area contributed by atoms with Gasteiger partial charge in [0.2, 0.25) is 11.8 Å². The smallest absolute Gasteiger partial charge is 0.252 e. The highest BCUT2D eigenvalue weighted by atomic mass is 16.5. The lowest BCUT2D eigenvalue weighted by atomic mass is 10.1. The molecule has 266 valence electrons. The normalized spacial score (nSPS) is 11.1. The van der Waals surface area contributed by atoms with E-state index in [0.717, 1.165) is 35.5 Å². The summed E-state index contributed by atoms with van der Waals surface area (Å²) in [5, 5.41) is 17.2. The van der Waals surface area contributed by atoms with Gasteiger partial charge in [-0.15, -0.1) is 20.4 Å². The molecule has 0 saturated carbocycles. The SMILES string of the molecule is CCCCCCCCOc1ccc(-c2nnc(-c3cc(OC)c(-c4nnc(-c5ccc(OCCCCCCCC)cc5)o4)cc3OC)o2)cc1. The molecule has 0 radical (unpaired) electrons. The van der Waals surface area contributed by atoms with Crippen LogP contribution in [-0.4, -0.2) is 47.8 Å². The maximum atomic E-state index is 6.09. The van der Waals surface area contributed by atoms with Crippen LogP contribution in [0, 0.1) is 0 Å². The number of hydrogen-bond donors (Lipinski definition) is 0. The summed E-state index contributed by atoms with van der Waals surface area (Å²) >= 11 is 0. The van der Waals surface area contributed by atoms with Crippen molar-refractivity contribution in [2.75, 3.05) is 27.4 Å². The maximum Gasteiger partial charge on any atom is 0.252 e. The lowest BCUT2D eigenvalue weighted by Gasteiger charge is -2.11. The van der Waals surface area contributed by atoms with E-state index in [1.165, 1.54) is 64.2 Å². The van der Waals surface area contributed by atoms with Gasteiger partial charge in [0.1, 0.15) is 23.0 Å². The Kier molecular flexibility index (Phi) is 14.1. The predicted molar refractivity (Wildman–Crippen MR) is 195 cm³/mol. The average Bonchev–Trinajstić information content (AvgIpc) is 3.85. The van der Waals surface area contributed by atoms with Crippen LogP contribution in [0.4, 0.5) is 0 Å². The van der Waals surface area contributed by atoms with E-state index in [1.54, 1.807) is 26.4 Å². The number of benzene rings is 3. The van der Waals surface area contributed by atoms with E-state index in [1.807, 2.05) is 48.5 Å². The minimum absolute atomic E-state index is 0.287. The monoisotopic (exact) mass is 682 g/mol. The minimum atomic E-state index is 0.287. The molecule has 2 aromatic heterocycles. The summed E-state index contributed by atoms with van der Waals surface area (Å²) in [4.78, 5) is 0. The Balaban J connectivity index is 1.22. The molecule has 0 aliphatic heterocycles. The molecular formula is C40H50N4O6. The Hall–Kier alpha value is -4.86. The molecule has 10 heteroatoms. The van der Waals surface area contributed by atoms with Crippen molar-refractivity contribution < 1.29 is 27.8 Å². The fraction of sp³-hybridized carbons (Fsp3) is 0.450. The van der Waals surface area contributed by atoms with Crippen molar-refractivity contribution in [2.24, 2.45) is 0 Å². The number of nitrogens with zero attached hydrogens (tertiary/aromatic N) is 4. The molecule has 0 bridgehead atoms. The Labute approximate surface area is 295 Å². The van der Waals surface area contributed by atoms with Gasteiger partial charge in [0, 0.05) is 11.1 Å². The van der Waals surface area contributed by atoms with Crippen molar-refractivity contribution in [1.29, 1.82) is 0 Å². The molecule has 10 nitrogen and oxygen atoms in total. The minimum Gasteiger partial charge on any atom is -0.496 e. The zero-order valence-corrected chi connectivity index (χ0v) is 29.9. The van der Waals surface area contributed by atoms with E-state index in [4.69, 9.17) is 27.8 Å². The van der Waals surface area contributed by atoms with E-state index in [9.17, 15) is 0 Å². The summed E-state index contributed by atoms with van der Waals surface area (Å²) in [7, 11) is 3.15. The van der Waals surface area contributed by atoms with Crippen LogP contribution >= 0.6 is 0 Å². The molecule has 0 spiro atoms. The van der Waals surface area contributed by atoms with E-state index in [2.05, 4.69) is 34.2 Å². The molecule has 2 heterocycles. The van der Waals surface area contributed by atoms with Crippen molar-refractivity contribution in [3.8, 4) is 68.8 Å². The number of methoxy groups -OCH3 is 2. The molecule has 5 rings (SSSR count). The topological polar surface area (TPSA) is 115 Å². The van der Waals surface area contributed by atoms with E-state index >= 15 is 0 Å². The Morgan fingerprint density at radius 1 is 0.460 bits per heavy atom. The Morgan fingerprint density at radius 3 is 1.20 bits per heavy atom. The van der Waals surface area contributed by atoms with Gasteiger partial charge in [-0.2, -0.15) is 0 Å². The number of rotatable bonds is 22. The summed E-state index contributed by atoms with van der Waals surface area (Å²) in [5.41, 5.74) is 2.71. The second-order valence-electron chi connectivity index (χ2n) is 12.4. The standard InChI is InChI=1S/C40H50N4O6/c1-5-7-9-11-13-15-25-47-31-21-17-29(18-22-31)37-41-43-39(49-37)33-27-36(46-4)34(28-35(33)45-3)40-44-42-38(50-40)30-19-23-32(24-20-30)48-26-16-14-12-10-8-6-2/h17-24,27-28H,5-16,25-26H2,1-4H3. The summed E-state index contributed by atoms with van der Waals surface area (Å²) in [6.07, 6.45) is 14.7. The Morgan fingerprint density at radius 2 is 0.820 bits per heavy atom. The fourth-order valence-electron chi connectivity index (χ4n) is 5.66. The van der Waals surface area contributed by atoms with E-state index in [-0.39, 0.29) is 11.8 Å². The predicted octanol–water partition coefficient (Wildman–Crippen LogP) is 10.6. The van der Waals surface area contributed by atoms with Crippen LogP contribution in [-0.2, 0) is 0 Å². The van der Waals surface area contributed by atoms with Gasteiger partial charge in [0.15, 0.2) is 0 Å². The molecule has 0 atom stereocenters. The molecule has 3 aromatic carbocycles. The summed E-state index contributed by atoms with van der Waals surface area (Å²) < 4.78 is 35.5. The molecule has 50 heavy (non-hydrogen) atoms. The van der Waals surface area contributed by atoms with Gasteiger partial charge in [0.25, 0.3) is 11.8 Å². The van der Waals surface area contributed by atoms with Crippen molar-refractivity contribution in [2.45, 2.75) is 90.9 Å². The Bertz CT molecular complexity index is 1590. The number of aromatic nitrogens is 4. The number of hydrogen-bond acceptors (Lipinski definition) is 10. The van der Waals surface area contributed by atoms with Gasteiger partial charge in [-0.1, -0.05) is 78.1 Å². The zero-order chi connectivity index (χ0) is 35.0. The van der Waals surface area contributed by atoms with Gasteiger partial charge < -0.3 is 27.8 Å². The first-order chi connectivity index (χ1) is 24.6. The first-order valence-electron chi connectivity index (χ1n) is 18.0. The molecule has 0 unspecified atom stereocenters. The third-order valence-corrected chi connectivity index (χ3v) is 8.57. The highest BCUT2D eigenvalue weighted by Gasteiger charge is 2.22. The second kappa shape index (κ2) is 19.4. The summed E-state index contributed by atoms with van der Waals surface area (Å²) in [6.45, 7) is 5.88. The van der Waals surface area contributed by atoms with Gasteiger partial charge in [-0.3, -0.25) is 0 Å². The molecule has 0 fully saturated rings. The van der Waals surface area contributed by atoms with Gasteiger partial charge in [-0.25, -0.2) is 0 Å². The molecule has 0 N–H and O–H groups in total. The van der Waals surface area contributed by atoms with Crippen LogP contribution in [0.1, 0.15) is 90.9 Å². The van der Waals surface area contributed by atoms with Crippen molar-refractivity contribution >= 4 is 0 Å². The fourth-order valence-corrected chi connectivity index (χ4v) is 5.66.